The molecule has 0 unspecified atom stereocenters. The lowest BCUT2D eigenvalue weighted by molar-refractivity contribution is 0.559. The summed E-state index contributed by atoms with van der Waals surface area (Å²) in [6, 6.07) is 45.6. The Bertz CT molecular complexity index is 2070. The summed E-state index contributed by atoms with van der Waals surface area (Å²) in [5, 5.41) is 4.70. The Hall–Kier alpha value is -5.02. The highest BCUT2D eigenvalue weighted by atomic mass is 16.3. The van der Waals surface area contributed by atoms with Gasteiger partial charge in [0.15, 0.2) is 0 Å². The molecule has 0 radical (unpaired) electrons. The Morgan fingerprint density at radius 3 is 1.68 bits per heavy atom. The number of anilines is 5. The smallest absolute Gasteiger partial charge is 0.143 e. The zero-order valence-corrected chi connectivity index (χ0v) is 23.4. The van der Waals surface area contributed by atoms with Crippen molar-refractivity contribution >= 4 is 61.1 Å². The third kappa shape index (κ3) is 3.52. The average Bonchev–Trinajstić information content (AvgIpc) is 3.38. The Kier molecular flexibility index (Phi) is 5.08. The second-order valence-corrected chi connectivity index (χ2v) is 11.8. The van der Waals surface area contributed by atoms with E-state index in [9.17, 15) is 0 Å². The molecule has 3 heteroatoms. The maximum atomic E-state index is 6.45. The SMILES string of the molecule is CC(C)(C)N1c2ccccc2N(c2ccc(-c3cccc4c3oc3ccccc34)c3ccccc23)c2ccccc21. The average molecular weight is 531 g/mol. The van der Waals surface area contributed by atoms with Crippen LogP contribution in [0.5, 0.6) is 0 Å². The fourth-order valence-electron chi connectivity index (χ4n) is 6.60. The van der Waals surface area contributed by atoms with Crippen LogP contribution in [0.3, 0.4) is 0 Å². The van der Waals surface area contributed by atoms with E-state index in [1.165, 1.54) is 39.1 Å². The molecule has 0 N–H and O–H groups in total. The Labute approximate surface area is 239 Å². The fourth-order valence-corrected chi connectivity index (χ4v) is 6.60. The van der Waals surface area contributed by atoms with Gasteiger partial charge >= 0.3 is 0 Å². The molecule has 8 rings (SSSR count). The first-order valence-corrected chi connectivity index (χ1v) is 14.2. The monoisotopic (exact) mass is 530 g/mol. The van der Waals surface area contributed by atoms with Crippen LogP contribution in [-0.4, -0.2) is 5.54 Å². The van der Waals surface area contributed by atoms with E-state index >= 15 is 0 Å². The first-order valence-electron chi connectivity index (χ1n) is 14.2. The van der Waals surface area contributed by atoms with Gasteiger partial charge in [-0.25, -0.2) is 0 Å². The van der Waals surface area contributed by atoms with Crippen LogP contribution in [-0.2, 0) is 0 Å². The van der Waals surface area contributed by atoms with Crippen LogP contribution in [0.1, 0.15) is 20.8 Å². The van der Waals surface area contributed by atoms with E-state index in [4.69, 9.17) is 4.42 Å². The van der Waals surface area contributed by atoms with E-state index in [-0.39, 0.29) is 5.54 Å². The number of rotatable bonds is 2. The van der Waals surface area contributed by atoms with Gasteiger partial charge in [-0.1, -0.05) is 91.0 Å². The number of hydrogen-bond donors (Lipinski definition) is 0. The Morgan fingerprint density at radius 2 is 1.00 bits per heavy atom. The topological polar surface area (TPSA) is 19.6 Å². The molecule has 0 amide bonds. The minimum Gasteiger partial charge on any atom is -0.455 e. The van der Waals surface area contributed by atoms with Crippen LogP contribution in [0.25, 0.3) is 43.8 Å². The molecule has 1 aromatic heterocycles. The van der Waals surface area contributed by atoms with Gasteiger partial charge in [0, 0.05) is 27.3 Å². The Balaban J connectivity index is 1.39. The molecule has 0 atom stereocenters. The predicted molar refractivity (Wildman–Crippen MR) is 173 cm³/mol. The Morgan fingerprint density at radius 1 is 0.439 bits per heavy atom. The van der Waals surface area contributed by atoms with E-state index in [2.05, 4.69) is 146 Å². The van der Waals surface area contributed by atoms with Gasteiger partial charge in [0.1, 0.15) is 11.2 Å². The van der Waals surface area contributed by atoms with Crippen molar-refractivity contribution in [3.63, 3.8) is 0 Å². The van der Waals surface area contributed by atoms with E-state index in [1.54, 1.807) is 0 Å². The predicted octanol–water partition coefficient (Wildman–Crippen LogP) is 11.1. The first kappa shape index (κ1) is 23.8. The summed E-state index contributed by atoms with van der Waals surface area (Å²) in [7, 11) is 0. The summed E-state index contributed by atoms with van der Waals surface area (Å²) >= 11 is 0. The summed E-state index contributed by atoms with van der Waals surface area (Å²) < 4.78 is 6.45. The highest BCUT2D eigenvalue weighted by molar-refractivity contribution is 6.15. The van der Waals surface area contributed by atoms with Gasteiger partial charge in [-0.05, 0) is 68.1 Å². The second kappa shape index (κ2) is 8.74. The normalized spacial score (nSPS) is 13.1. The van der Waals surface area contributed by atoms with Gasteiger partial charge in [-0.2, -0.15) is 0 Å². The van der Waals surface area contributed by atoms with Crippen molar-refractivity contribution in [1.82, 2.24) is 0 Å². The zero-order chi connectivity index (χ0) is 27.7. The number of benzene rings is 6. The number of nitrogens with zero attached hydrogens (tertiary/aromatic N) is 2. The van der Waals surface area contributed by atoms with Crippen molar-refractivity contribution in [2.45, 2.75) is 26.3 Å². The van der Waals surface area contributed by atoms with Crippen molar-refractivity contribution in [2.75, 3.05) is 9.80 Å². The van der Waals surface area contributed by atoms with Crippen molar-refractivity contribution in [3.05, 3.63) is 127 Å². The summed E-state index contributed by atoms with van der Waals surface area (Å²) in [5.74, 6) is 0. The third-order valence-electron chi connectivity index (χ3n) is 8.23. The molecule has 7 aromatic rings. The van der Waals surface area contributed by atoms with Crippen molar-refractivity contribution < 1.29 is 4.42 Å². The largest absolute Gasteiger partial charge is 0.455 e. The summed E-state index contributed by atoms with van der Waals surface area (Å²) in [6.45, 7) is 6.83. The number of hydrogen-bond acceptors (Lipinski definition) is 3. The van der Waals surface area contributed by atoms with Crippen LogP contribution in [0, 0.1) is 0 Å². The number of para-hydroxylation sites is 6. The lowest BCUT2D eigenvalue weighted by atomic mass is 9.94. The van der Waals surface area contributed by atoms with Crippen molar-refractivity contribution in [2.24, 2.45) is 0 Å². The summed E-state index contributed by atoms with van der Waals surface area (Å²) in [6.07, 6.45) is 0. The van der Waals surface area contributed by atoms with Gasteiger partial charge in [-0.3, -0.25) is 0 Å². The van der Waals surface area contributed by atoms with Crippen LogP contribution < -0.4 is 9.80 Å². The molecular formula is C38H30N2O. The molecule has 1 aliphatic rings. The molecule has 6 aromatic carbocycles. The number of fused-ring (bicyclic) bond motifs is 6. The van der Waals surface area contributed by atoms with Crippen LogP contribution in [0.4, 0.5) is 28.4 Å². The zero-order valence-electron chi connectivity index (χ0n) is 23.4. The minimum absolute atomic E-state index is 0.0878. The van der Waals surface area contributed by atoms with E-state index in [1.807, 2.05) is 12.1 Å². The van der Waals surface area contributed by atoms with Crippen molar-refractivity contribution in [3.8, 4) is 11.1 Å². The maximum absolute atomic E-state index is 6.45. The summed E-state index contributed by atoms with van der Waals surface area (Å²) in [4.78, 5) is 4.90. The quantitative estimate of drug-likeness (QED) is 0.222. The van der Waals surface area contributed by atoms with E-state index < -0.39 is 0 Å². The molecule has 3 nitrogen and oxygen atoms in total. The van der Waals surface area contributed by atoms with E-state index in [0.29, 0.717) is 0 Å². The molecular weight excluding hydrogens is 500 g/mol. The second-order valence-electron chi connectivity index (χ2n) is 11.8. The van der Waals surface area contributed by atoms with Gasteiger partial charge in [0.25, 0.3) is 0 Å². The lowest BCUT2D eigenvalue weighted by Crippen LogP contribution is -2.41. The van der Waals surface area contributed by atoms with Gasteiger partial charge in [0.05, 0.1) is 28.4 Å². The lowest BCUT2D eigenvalue weighted by Gasteiger charge is -2.46. The minimum atomic E-state index is -0.0878. The molecule has 198 valence electrons. The standard InChI is InChI=1S/C38H30N2O/c1-38(2,3)40-34-20-9-7-18-32(34)39(33-19-8-10-21-35(33)40)31-24-23-26(25-13-4-5-14-27(25)31)29-16-12-17-30-28-15-6-11-22-36(28)41-37(29)30/h4-24H,1-3H3. The van der Waals surface area contributed by atoms with Crippen LogP contribution in [0.2, 0.25) is 0 Å². The van der Waals surface area contributed by atoms with Gasteiger partial charge < -0.3 is 14.2 Å². The number of furan rings is 1. The molecule has 2 heterocycles. The maximum Gasteiger partial charge on any atom is 0.143 e. The van der Waals surface area contributed by atoms with E-state index in [0.717, 1.165) is 33.2 Å². The molecule has 41 heavy (non-hydrogen) atoms. The highest BCUT2D eigenvalue weighted by Gasteiger charge is 2.35. The molecule has 1 aliphatic heterocycles. The first-order chi connectivity index (χ1) is 20.0. The molecule has 0 saturated heterocycles. The fraction of sp³-hybridized carbons (Fsp3) is 0.105. The molecule has 0 aliphatic carbocycles. The summed E-state index contributed by atoms with van der Waals surface area (Å²) in [5.41, 5.74) is 9.98. The van der Waals surface area contributed by atoms with Crippen LogP contribution >= 0.6 is 0 Å². The molecule has 0 bridgehead atoms. The molecule has 0 fully saturated rings. The molecule has 0 saturated carbocycles. The van der Waals surface area contributed by atoms with Crippen molar-refractivity contribution in [1.29, 1.82) is 0 Å². The molecule has 0 spiro atoms. The van der Waals surface area contributed by atoms with Crippen LogP contribution in [0.15, 0.2) is 132 Å². The van der Waals surface area contributed by atoms with Gasteiger partial charge in [0.2, 0.25) is 0 Å². The third-order valence-corrected chi connectivity index (χ3v) is 8.23. The highest BCUT2D eigenvalue weighted by Crippen LogP contribution is 2.55. The van der Waals surface area contributed by atoms with Gasteiger partial charge in [-0.15, -0.1) is 0 Å².